The zero-order valence-corrected chi connectivity index (χ0v) is 28.6. The number of amides is 2. The maximum absolute atomic E-state index is 12.5. The van der Waals surface area contributed by atoms with E-state index >= 15 is 0 Å². The molecule has 12 nitrogen and oxygen atoms in total. The summed E-state index contributed by atoms with van der Waals surface area (Å²) in [5, 5.41) is 0. The summed E-state index contributed by atoms with van der Waals surface area (Å²) in [7, 11) is 8.79. The van der Waals surface area contributed by atoms with Crippen LogP contribution in [-0.2, 0) is 26.5 Å². The second kappa shape index (κ2) is 20.4. The van der Waals surface area contributed by atoms with Crippen LogP contribution in [0.25, 0.3) is 0 Å². The van der Waals surface area contributed by atoms with Crippen molar-refractivity contribution >= 4 is 35.1 Å². The largest absolute Gasteiger partial charge is 2.00 e. The van der Waals surface area contributed by atoms with Gasteiger partial charge in [-0.3, -0.25) is 9.59 Å². The summed E-state index contributed by atoms with van der Waals surface area (Å²) in [6.07, 6.45) is 2.86. The number of esters is 2. The average Bonchev–Trinajstić information content (AvgIpc) is 3.09. The van der Waals surface area contributed by atoms with Crippen LogP contribution in [0.5, 0.6) is 11.8 Å². The Labute approximate surface area is 295 Å². The first-order valence-corrected chi connectivity index (χ1v) is 13.1. The molecule has 0 saturated carbocycles. The van der Waals surface area contributed by atoms with Crippen LogP contribution in [0.15, 0.2) is 85.2 Å². The predicted molar refractivity (Wildman–Crippen MR) is 163 cm³/mol. The molecular weight excluding hydrogens is 703 g/mol. The molecule has 0 fully saturated rings. The molecule has 47 heavy (non-hydrogen) atoms. The van der Waals surface area contributed by atoms with Crippen LogP contribution in [0.2, 0.25) is 0 Å². The van der Waals surface area contributed by atoms with E-state index in [1.54, 1.807) is 86.9 Å². The molecule has 4 aromatic rings. The van der Waals surface area contributed by atoms with Gasteiger partial charge in [-0.1, -0.05) is 24.3 Å². The normalized spacial score (nSPS) is 9.32. The molecule has 2 aromatic heterocycles. The molecule has 2 heterocycles. The molecule has 4 rings (SSSR count). The van der Waals surface area contributed by atoms with Crippen molar-refractivity contribution in [3.8, 4) is 11.8 Å². The van der Waals surface area contributed by atoms with E-state index in [9.17, 15) is 19.2 Å². The Morgan fingerprint density at radius 1 is 0.553 bits per heavy atom. The van der Waals surface area contributed by atoms with E-state index < -0.39 is 11.9 Å². The number of nitrogens with zero attached hydrogens (tertiary/aromatic N) is 4. The molecule has 0 aliphatic heterocycles. The van der Waals surface area contributed by atoms with Gasteiger partial charge in [0.25, 0.3) is 11.8 Å². The van der Waals surface area contributed by atoms with Gasteiger partial charge in [0.1, 0.15) is 0 Å². The van der Waals surface area contributed by atoms with Crippen LogP contribution >= 0.6 is 0 Å². The Bertz CT molecular complexity index is 1510. The quantitative estimate of drug-likeness (QED) is 0.153. The number of rotatable bonds is 8. The van der Waals surface area contributed by atoms with Gasteiger partial charge in [-0.15, -0.1) is 0 Å². The van der Waals surface area contributed by atoms with Gasteiger partial charge in [-0.2, -0.15) is 0 Å². The first-order chi connectivity index (χ1) is 21.2. The molecule has 253 valence electrons. The fourth-order valence-corrected chi connectivity index (χ4v) is 3.96. The number of aromatic nitrogens is 2. The summed E-state index contributed by atoms with van der Waals surface area (Å²) in [5.41, 5.74) is 2.36. The first kappa shape index (κ1) is 42.3. The number of ether oxygens (including phenoxy) is 4. The third kappa shape index (κ3) is 10.7. The zero-order chi connectivity index (χ0) is 32.2. The van der Waals surface area contributed by atoms with Crippen LogP contribution in [0.4, 0.5) is 11.4 Å². The molecule has 0 bridgehead atoms. The monoisotopic (exact) mass is 733 g/mol. The summed E-state index contributed by atoms with van der Waals surface area (Å²) in [5.74, 6) is -0.715. The molecule has 2 aromatic carbocycles. The van der Waals surface area contributed by atoms with Crippen molar-refractivity contribution in [2.75, 3.05) is 52.3 Å². The molecule has 2 amide bonds. The van der Waals surface area contributed by atoms with Crippen LogP contribution in [0, 0.1) is 0 Å². The predicted octanol–water partition coefficient (Wildman–Crippen LogP) is -1.69. The number of carbonyl (C=O) groups is 4. The summed E-state index contributed by atoms with van der Waals surface area (Å²) in [6, 6.07) is 19.9. The molecule has 0 unspecified atom stereocenters. The molecule has 0 atom stereocenters. The number of methoxy groups -OCH3 is 4. The fraction of sp³-hybridized carbons (Fsp3) is 0.188. The summed E-state index contributed by atoms with van der Waals surface area (Å²) in [6.45, 7) is 0. The Morgan fingerprint density at radius 2 is 0.894 bits per heavy atom. The number of para-hydroxylation sites is 2. The standard InChI is InChI=1S/2C16H16N2O4.2ClH.Cu/c2*1-18(13-7-5-4-6-12(13)16(20)22-3)15(19)11-8-9-14(21-2)17-10-11;;;/h2*4-10H,1-3H3;2*1H;/q;;;;+2/p-2. The average molecular weight is 735 g/mol. The minimum absolute atomic E-state index is 0. The fourth-order valence-electron chi connectivity index (χ4n) is 3.96. The number of anilines is 2. The number of carbonyl (C=O) groups excluding carboxylic acids is 4. The van der Waals surface area contributed by atoms with Crippen LogP contribution in [0.3, 0.4) is 0 Å². The smallest absolute Gasteiger partial charge is 1.00 e. The first-order valence-electron chi connectivity index (χ1n) is 13.1. The minimum atomic E-state index is -0.497. The van der Waals surface area contributed by atoms with Crippen molar-refractivity contribution in [2.45, 2.75) is 0 Å². The third-order valence-electron chi connectivity index (χ3n) is 6.34. The number of hydrogen-bond donors (Lipinski definition) is 0. The van der Waals surface area contributed by atoms with E-state index in [1.165, 1.54) is 50.6 Å². The molecule has 0 N–H and O–H groups in total. The van der Waals surface area contributed by atoms with E-state index in [-0.39, 0.29) is 53.7 Å². The van der Waals surface area contributed by atoms with Gasteiger partial charge in [-0.05, 0) is 36.4 Å². The summed E-state index contributed by atoms with van der Waals surface area (Å²) >= 11 is 0. The van der Waals surface area contributed by atoms with Crippen LogP contribution in [-0.4, -0.2) is 76.3 Å². The minimum Gasteiger partial charge on any atom is -1.00 e. The van der Waals surface area contributed by atoms with Gasteiger partial charge < -0.3 is 53.6 Å². The van der Waals surface area contributed by atoms with Gasteiger partial charge in [0.15, 0.2) is 0 Å². The van der Waals surface area contributed by atoms with Crippen molar-refractivity contribution in [3.63, 3.8) is 0 Å². The number of pyridine rings is 2. The molecule has 0 aliphatic carbocycles. The van der Waals surface area contributed by atoms with Crippen LogP contribution < -0.4 is 44.1 Å². The van der Waals surface area contributed by atoms with E-state index in [0.717, 1.165) is 0 Å². The number of benzene rings is 2. The SMILES string of the molecule is COC(=O)c1ccccc1N(C)C(=O)c1ccc(OC)nc1.COC(=O)c1ccccc1N(C)C(=O)c1ccc(OC)nc1.[Cl-].[Cl-].[Cu+2]. The Kier molecular flexibility index (Phi) is 18.4. The summed E-state index contributed by atoms with van der Waals surface area (Å²) in [4.78, 5) is 59.4. The zero-order valence-electron chi connectivity index (χ0n) is 26.2. The Morgan fingerprint density at radius 3 is 1.17 bits per heavy atom. The van der Waals surface area contributed by atoms with Gasteiger partial charge in [-0.25, -0.2) is 19.6 Å². The van der Waals surface area contributed by atoms with Crippen LogP contribution in [0.1, 0.15) is 41.4 Å². The summed E-state index contributed by atoms with van der Waals surface area (Å²) < 4.78 is 19.4. The van der Waals surface area contributed by atoms with Gasteiger partial charge in [0.05, 0.1) is 62.1 Å². The molecule has 15 heteroatoms. The van der Waals surface area contributed by atoms with Crippen molar-refractivity contribution in [2.24, 2.45) is 0 Å². The Hall–Kier alpha value is -4.68. The van der Waals surface area contributed by atoms with Crippen molar-refractivity contribution < 1.29 is 80.0 Å². The molecule has 1 radical (unpaired) electrons. The third-order valence-corrected chi connectivity index (χ3v) is 6.34. The second-order valence-corrected chi connectivity index (χ2v) is 8.92. The molecular formula is C32H32Cl2CuN4O8. The molecule has 0 aliphatic rings. The van der Waals surface area contributed by atoms with E-state index in [0.29, 0.717) is 45.4 Å². The van der Waals surface area contributed by atoms with E-state index in [2.05, 4.69) is 9.97 Å². The Balaban J connectivity index is 0.000000846. The maximum atomic E-state index is 12.5. The van der Waals surface area contributed by atoms with Gasteiger partial charge in [0.2, 0.25) is 11.8 Å². The number of halogens is 2. The second-order valence-electron chi connectivity index (χ2n) is 8.92. The van der Waals surface area contributed by atoms with Gasteiger partial charge in [0, 0.05) is 38.6 Å². The van der Waals surface area contributed by atoms with Crippen molar-refractivity contribution in [1.82, 2.24) is 9.97 Å². The maximum Gasteiger partial charge on any atom is 2.00 e. The van der Waals surface area contributed by atoms with Gasteiger partial charge >= 0.3 is 29.0 Å². The van der Waals surface area contributed by atoms with E-state index in [4.69, 9.17) is 18.9 Å². The molecule has 0 spiro atoms. The van der Waals surface area contributed by atoms with Crippen molar-refractivity contribution in [3.05, 3.63) is 107 Å². The molecule has 0 saturated heterocycles. The van der Waals surface area contributed by atoms with E-state index in [1.807, 2.05) is 0 Å². The topological polar surface area (TPSA) is 137 Å². The van der Waals surface area contributed by atoms with Crippen molar-refractivity contribution in [1.29, 1.82) is 0 Å². The number of hydrogen-bond acceptors (Lipinski definition) is 10.